The van der Waals surface area contributed by atoms with Crippen LogP contribution in [0.5, 0.6) is 0 Å². The van der Waals surface area contributed by atoms with E-state index in [1.165, 1.54) is 0 Å². The molecule has 0 aliphatic rings. The van der Waals surface area contributed by atoms with Crippen LogP contribution >= 0.6 is 66.5 Å². The third-order valence-corrected chi connectivity index (χ3v) is 23.5. The summed E-state index contributed by atoms with van der Waals surface area (Å²) in [7, 11) is -4.00. The van der Waals surface area contributed by atoms with Crippen LogP contribution in [-0.4, -0.2) is 28.6 Å². The van der Waals surface area contributed by atoms with E-state index < -0.39 is 28.6 Å². The Hall–Kier alpha value is 2.57. The van der Waals surface area contributed by atoms with E-state index >= 15 is 0 Å². The maximum absolute atomic E-state index is 6.22. The summed E-state index contributed by atoms with van der Waals surface area (Å²) in [6.07, 6.45) is 0. The standard InChI is InChI=1S/C6H16Cl6OSi4.6CH4/c1-14(2,5-16(7,8)9)13-15(3,4)6-17(10,11)12;;;;;;/h5-6H2,1-4H3;6*1H4. The molecule has 0 bridgehead atoms. The molecule has 0 N–H and O–H groups in total. The maximum atomic E-state index is 6.22. The molecule has 0 aromatic rings. The van der Waals surface area contributed by atoms with E-state index in [0.717, 1.165) is 0 Å². The van der Waals surface area contributed by atoms with Gasteiger partial charge in [0, 0.05) is 11.3 Å². The molecule has 0 saturated heterocycles. The second kappa shape index (κ2) is 15.6. The molecule has 23 heavy (non-hydrogen) atoms. The lowest BCUT2D eigenvalue weighted by atomic mass is 11.8. The Labute approximate surface area is 180 Å². The zero-order valence-electron chi connectivity index (χ0n) is 10.1. The van der Waals surface area contributed by atoms with Crippen LogP contribution in [0.3, 0.4) is 0 Å². The molecule has 0 spiro atoms. The quantitative estimate of drug-likeness (QED) is 0.248. The van der Waals surface area contributed by atoms with Crippen molar-refractivity contribution in [2.45, 2.75) is 82.1 Å². The van der Waals surface area contributed by atoms with Gasteiger partial charge in [-0.1, -0.05) is 44.6 Å². The van der Waals surface area contributed by atoms with Gasteiger partial charge in [0.15, 0.2) is 16.6 Å². The van der Waals surface area contributed by atoms with Crippen LogP contribution in [0.1, 0.15) is 44.6 Å². The minimum Gasteiger partial charge on any atom is -0.456 e. The van der Waals surface area contributed by atoms with Gasteiger partial charge >= 0.3 is 12.0 Å². The Morgan fingerprint density at radius 3 is 0.826 bits per heavy atom. The summed E-state index contributed by atoms with van der Waals surface area (Å²) in [6, 6.07) is -5.33. The van der Waals surface area contributed by atoms with E-state index in [9.17, 15) is 0 Å². The van der Waals surface area contributed by atoms with Crippen molar-refractivity contribution >= 4 is 95.1 Å². The fourth-order valence-electron chi connectivity index (χ4n) is 1.79. The van der Waals surface area contributed by atoms with Gasteiger partial charge in [0.2, 0.25) is 0 Å². The fraction of sp³-hybridized carbons (Fsp3) is 1.00. The first kappa shape index (κ1) is 44.8. The minimum atomic E-state index is -2.66. The van der Waals surface area contributed by atoms with Crippen molar-refractivity contribution in [3.05, 3.63) is 0 Å². The van der Waals surface area contributed by atoms with Crippen LogP contribution in [0.25, 0.3) is 0 Å². The molecule has 0 saturated carbocycles. The first-order valence-electron chi connectivity index (χ1n) is 4.96. The van der Waals surface area contributed by atoms with Crippen molar-refractivity contribution in [1.82, 2.24) is 0 Å². The number of hydrogen-bond donors (Lipinski definition) is 0. The van der Waals surface area contributed by atoms with E-state index in [2.05, 4.69) is 26.2 Å². The lowest BCUT2D eigenvalue weighted by Gasteiger charge is -2.36. The molecule has 0 aromatic carbocycles. The Balaban J connectivity index is -0.0000000853. The normalized spacial score (nSPS) is 11.2. The predicted octanol–water partition coefficient (Wildman–Crippen LogP) is 9.62. The first-order chi connectivity index (χ1) is 7.12. The van der Waals surface area contributed by atoms with Gasteiger partial charge in [0.05, 0.1) is 0 Å². The summed E-state index contributed by atoms with van der Waals surface area (Å²) in [5, 5.41) is 0. The minimum absolute atomic E-state index is 0. The predicted molar refractivity (Wildman–Crippen MR) is 133 cm³/mol. The summed E-state index contributed by atoms with van der Waals surface area (Å²) < 4.78 is 6.22. The Kier molecular flexibility index (Phi) is 30.4. The molecule has 0 fully saturated rings. The van der Waals surface area contributed by atoms with Crippen molar-refractivity contribution in [3.8, 4) is 0 Å². The van der Waals surface area contributed by atoms with Gasteiger partial charge < -0.3 is 4.12 Å². The molecule has 0 heterocycles. The van der Waals surface area contributed by atoms with Crippen LogP contribution < -0.4 is 0 Å². The van der Waals surface area contributed by atoms with Crippen LogP contribution in [-0.2, 0) is 4.12 Å². The zero-order chi connectivity index (χ0) is 14.1. The molecule has 0 radical (unpaired) electrons. The second-order valence-corrected chi connectivity index (χ2v) is 33.4. The molecule has 0 atom stereocenters. The SMILES string of the molecule is C.C.C.C.C.C.C[Si](C)(C[Si](Cl)(Cl)Cl)O[Si](C)(C)C[Si](Cl)(Cl)Cl. The van der Waals surface area contributed by atoms with Gasteiger partial charge in [-0.15, -0.1) is 66.5 Å². The molecular formula is C12H40Cl6OSi4. The third kappa shape index (κ3) is 29.6. The van der Waals surface area contributed by atoms with Crippen LogP contribution in [0, 0.1) is 0 Å². The van der Waals surface area contributed by atoms with Crippen LogP contribution in [0.15, 0.2) is 0 Å². The summed E-state index contributed by atoms with van der Waals surface area (Å²) >= 11 is 35.7. The summed E-state index contributed by atoms with van der Waals surface area (Å²) in [4.78, 5) is 0. The topological polar surface area (TPSA) is 9.23 Å². The molecule has 0 aromatic heterocycles. The molecular weight excluding hydrogens is 485 g/mol. The van der Waals surface area contributed by atoms with Gasteiger partial charge in [-0.05, 0) is 26.2 Å². The lowest BCUT2D eigenvalue weighted by Crippen LogP contribution is -2.49. The fourth-order valence-corrected chi connectivity index (χ4v) is 34.7. The van der Waals surface area contributed by atoms with E-state index in [0.29, 0.717) is 11.3 Å². The molecule has 0 rings (SSSR count). The van der Waals surface area contributed by atoms with Gasteiger partial charge in [0.1, 0.15) is 0 Å². The number of rotatable bonds is 6. The molecule has 0 unspecified atom stereocenters. The van der Waals surface area contributed by atoms with Crippen molar-refractivity contribution in [3.63, 3.8) is 0 Å². The van der Waals surface area contributed by atoms with Crippen molar-refractivity contribution < 1.29 is 4.12 Å². The van der Waals surface area contributed by atoms with Crippen molar-refractivity contribution in [2.75, 3.05) is 0 Å². The maximum Gasteiger partial charge on any atom is 0.341 e. The van der Waals surface area contributed by atoms with Crippen molar-refractivity contribution in [2.24, 2.45) is 0 Å². The van der Waals surface area contributed by atoms with Gasteiger partial charge in [-0.25, -0.2) is 0 Å². The summed E-state index contributed by atoms with van der Waals surface area (Å²) in [5.74, 6) is 0. The molecule has 0 aliphatic heterocycles. The van der Waals surface area contributed by atoms with E-state index in [-0.39, 0.29) is 44.6 Å². The second-order valence-electron chi connectivity index (χ2n) is 5.21. The summed E-state index contributed by atoms with van der Waals surface area (Å²) in [6.45, 7) is 8.21. The monoisotopic (exact) mass is 522 g/mol. The molecule has 0 amide bonds. The average Bonchev–Trinajstić information content (AvgIpc) is 1.65. The molecule has 1 nitrogen and oxygen atoms in total. The highest BCUT2D eigenvalue weighted by molar-refractivity contribution is 7.67. The molecule has 11 heteroatoms. The van der Waals surface area contributed by atoms with E-state index in [1.807, 2.05) is 0 Å². The molecule has 152 valence electrons. The molecule has 0 aliphatic carbocycles. The van der Waals surface area contributed by atoms with Crippen LogP contribution in [0.4, 0.5) is 0 Å². The van der Waals surface area contributed by atoms with Gasteiger partial charge in [-0.3, -0.25) is 0 Å². The Morgan fingerprint density at radius 2 is 0.696 bits per heavy atom. The first-order valence-corrected chi connectivity index (χ1v) is 21.7. The number of hydrogen-bond acceptors (Lipinski definition) is 1. The van der Waals surface area contributed by atoms with Gasteiger partial charge in [0.25, 0.3) is 0 Å². The highest BCUT2D eigenvalue weighted by Crippen LogP contribution is 2.36. The number of halogens is 6. The van der Waals surface area contributed by atoms with Gasteiger partial charge in [-0.2, -0.15) is 0 Å². The van der Waals surface area contributed by atoms with Crippen molar-refractivity contribution in [1.29, 1.82) is 0 Å². The average molecular weight is 526 g/mol. The highest BCUT2D eigenvalue weighted by Gasteiger charge is 2.44. The summed E-state index contributed by atoms with van der Waals surface area (Å²) in [5.41, 5.74) is 1.14. The smallest absolute Gasteiger partial charge is 0.341 e. The van der Waals surface area contributed by atoms with E-state index in [1.54, 1.807) is 0 Å². The zero-order valence-corrected chi connectivity index (χ0v) is 18.6. The van der Waals surface area contributed by atoms with E-state index in [4.69, 9.17) is 70.6 Å². The highest BCUT2D eigenvalue weighted by atomic mass is 35.8. The Bertz CT molecular complexity index is 241. The largest absolute Gasteiger partial charge is 0.456 e. The Morgan fingerprint density at radius 1 is 0.522 bits per heavy atom. The lowest BCUT2D eigenvalue weighted by molar-refractivity contribution is 0.553. The van der Waals surface area contributed by atoms with Crippen LogP contribution in [0.2, 0.25) is 37.5 Å². The third-order valence-electron chi connectivity index (χ3n) is 1.80.